The average Bonchev–Trinajstić information content (AvgIpc) is 2.62. The summed E-state index contributed by atoms with van der Waals surface area (Å²) in [6.07, 6.45) is -0.988. The fourth-order valence-corrected chi connectivity index (χ4v) is 4.52. The molecule has 154 valence electrons. The lowest BCUT2D eigenvalue weighted by Crippen LogP contribution is -2.38. The monoisotopic (exact) mass is 419 g/mol. The Hall–Kier alpha value is -1.02. The van der Waals surface area contributed by atoms with Crippen molar-refractivity contribution in [1.29, 1.82) is 0 Å². The van der Waals surface area contributed by atoms with Crippen molar-refractivity contribution in [2.45, 2.75) is 58.5 Å². The van der Waals surface area contributed by atoms with E-state index < -0.39 is 30.9 Å². The van der Waals surface area contributed by atoms with Crippen molar-refractivity contribution in [3.8, 4) is 5.75 Å². The summed E-state index contributed by atoms with van der Waals surface area (Å²) in [5, 5.41) is 13.0. The number of methoxy groups -OCH3 is 1. The van der Waals surface area contributed by atoms with Crippen molar-refractivity contribution in [3.63, 3.8) is 0 Å². The third kappa shape index (κ3) is 8.68. The van der Waals surface area contributed by atoms with Crippen LogP contribution in [0.2, 0.25) is 0 Å². The van der Waals surface area contributed by atoms with Gasteiger partial charge in [-0.25, -0.2) is 5.09 Å². The number of carbonyl (C=O) groups excluding carboxylic acids is 1. The van der Waals surface area contributed by atoms with Crippen molar-refractivity contribution < 1.29 is 28.4 Å². The van der Waals surface area contributed by atoms with E-state index in [1.165, 1.54) is 7.11 Å². The predicted octanol–water partition coefficient (Wildman–Crippen LogP) is 3.02. The largest absolute Gasteiger partial charge is 0.462 e. The summed E-state index contributed by atoms with van der Waals surface area (Å²) in [6, 6.07) is 8.25. The molecule has 0 amide bonds. The molecule has 0 bridgehead atoms. The molecule has 0 aliphatic rings. The molecule has 0 aliphatic carbocycles. The number of benzene rings is 1. The molecule has 1 aromatic carbocycles. The molecule has 1 aromatic rings. The minimum Gasteiger partial charge on any atom is -0.462 e. The van der Waals surface area contributed by atoms with Gasteiger partial charge < -0.3 is 23.6 Å². The molecule has 0 aromatic heterocycles. The molecule has 0 heterocycles. The third-order valence-electron chi connectivity index (χ3n) is 3.58. The number of ether oxygens (including phenoxy) is 2. The number of nitrogens with one attached hydrogen (secondary N) is 1. The van der Waals surface area contributed by atoms with Crippen molar-refractivity contribution in [1.82, 2.24) is 5.09 Å². The molecule has 0 spiro atoms. The molecule has 1 rings (SSSR count). The summed E-state index contributed by atoms with van der Waals surface area (Å²) in [7, 11) is 1.49. The first-order valence-electron chi connectivity index (χ1n) is 8.89. The Morgan fingerprint density at radius 1 is 1.26 bits per heavy atom. The van der Waals surface area contributed by atoms with Crippen LogP contribution in [0.5, 0.6) is 5.75 Å². The molecule has 0 aliphatic heterocycles. The van der Waals surface area contributed by atoms with Gasteiger partial charge in [0.05, 0.1) is 18.8 Å². The van der Waals surface area contributed by atoms with Crippen molar-refractivity contribution in [3.05, 3.63) is 30.3 Å². The molecule has 7 nitrogen and oxygen atoms in total. The van der Waals surface area contributed by atoms with Crippen LogP contribution in [0.1, 0.15) is 34.1 Å². The van der Waals surface area contributed by atoms with E-state index >= 15 is 0 Å². The van der Waals surface area contributed by atoms with Gasteiger partial charge in [-0.3, -0.25) is 4.79 Å². The van der Waals surface area contributed by atoms with Crippen molar-refractivity contribution in [2.24, 2.45) is 0 Å². The van der Waals surface area contributed by atoms with E-state index in [-0.39, 0.29) is 12.7 Å². The quantitative estimate of drug-likeness (QED) is 0.395. The fourth-order valence-electron chi connectivity index (χ4n) is 2.11. The van der Waals surface area contributed by atoms with Crippen LogP contribution >= 0.6 is 6.64 Å². The number of aliphatic hydroxyl groups is 1. The Morgan fingerprint density at radius 2 is 1.89 bits per heavy atom. The molecule has 0 fully saturated rings. The third-order valence-corrected chi connectivity index (χ3v) is 6.08. The summed E-state index contributed by atoms with van der Waals surface area (Å²) in [6.45, 7) is 3.92. The number of esters is 1. The Bertz CT molecular complexity index is 615. The molecule has 27 heavy (non-hydrogen) atoms. The van der Waals surface area contributed by atoms with Gasteiger partial charge in [-0.05, 0) is 51.1 Å². The van der Waals surface area contributed by atoms with Crippen LogP contribution in [0.4, 0.5) is 0 Å². The number of hydrogen-bond acceptors (Lipinski definition) is 7. The van der Waals surface area contributed by atoms with E-state index in [1.807, 2.05) is 25.1 Å². The highest BCUT2D eigenvalue weighted by molar-refractivity contribution is 8.09. The van der Waals surface area contributed by atoms with Gasteiger partial charge in [0.15, 0.2) is 0 Å². The molecule has 0 radical (unpaired) electrons. The van der Waals surface area contributed by atoms with E-state index in [0.717, 1.165) is 0 Å². The Kier molecular flexibility index (Phi) is 10.4. The summed E-state index contributed by atoms with van der Waals surface area (Å²) in [5.74, 6) is 0.0686. The number of para-hydroxylation sites is 1. The van der Waals surface area contributed by atoms with E-state index in [0.29, 0.717) is 12.2 Å². The second kappa shape index (κ2) is 11.7. The van der Waals surface area contributed by atoms with Gasteiger partial charge in [-0.2, -0.15) is 0 Å². The second-order valence-electron chi connectivity index (χ2n) is 6.28. The van der Waals surface area contributed by atoms with E-state index in [4.69, 9.17) is 30.3 Å². The number of carbonyl (C=O) groups is 1. The predicted molar refractivity (Wildman–Crippen MR) is 108 cm³/mol. The van der Waals surface area contributed by atoms with Gasteiger partial charge in [0.2, 0.25) is 0 Å². The first kappa shape index (κ1) is 24.0. The maximum absolute atomic E-state index is 12.1. The standard InChI is InChI=1S/C18H30NO6PS/c1-6-16(20)17(22-5)12-23-26(27,25-15-10-8-7-9-11-15)19-14(4)18(21)24-13(2)3/h7-11,13-14,16-17,20H,6,12H2,1-5H3,(H,19,27). The van der Waals surface area contributed by atoms with Gasteiger partial charge in [-0.1, -0.05) is 25.1 Å². The normalized spacial score (nSPS) is 17.0. The number of rotatable bonds is 12. The van der Waals surface area contributed by atoms with Crippen LogP contribution in [0.25, 0.3) is 0 Å². The Balaban J connectivity index is 2.91. The summed E-state index contributed by atoms with van der Waals surface area (Å²) in [4.78, 5) is 12.1. The SMILES string of the molecule is CCC(O)C(COP(=S)(NC(C)C(=O)OC(C)C)Oc1ccccc1)OC. The average molecular weight is 419 g/mol. The maximum Gasteiger partial charge on any atom is 0.323 e. The fraction of sp³-hybridized carbons (Fsp3) is 0.611. The van der Waals surface area contributed by atoms with Crippen LogP contribution in [-0.4, -0.2) is 49.1 Å². The topological polar surface area (TPSA) is 86.3 Å². The zero-order chi connectivity index (χ0) is 20.4. The lowest BCUT2D eigenvalue weighted by atomic mass is 10.2. The van der Waals surface area contributed by atoms with Gasteiger partial charge in [0, 0.05) is 7.11 Å². The summed E-state index contributed by atoms with van der Waals surface area (Å²) < 4.78 is 22.2. The van der Waals surface area contributed by atoms with E-state index in [9.17, 15) is 9.90 Å². The molecule has 2 N–H and O–H groups in total. The maximum atomic E-state index is 12.1. The molecule has 9 heteroatoms. The van der Waals surface area contributed by atoms with Crippen molar-refractivity contribution >= 4 is 24.4 Å². The zero-order valence-electron chi connectivity index (χ0n) is 16.5. The second-order valence-corrected chi connectivity index (χ2v) is 9.42. The first-order valence-corrected chi connectivity index (χ1v) is 11.5. The minimum atomic E-state index is -3.12. The van der Waals surface area contributed by atoms with Crippen LogP contribution < -0.4 is 9.61 Å². The first-order chi connectivity index (χ1) is 12.7. The van der Waals surface area contributed by atoms with Crippen LogP contribution in [0.3, 0.4) is 0 Å². The number of hydrogen-bond donors (Lipinski definition) is 2. The van der Waals surface area contributed by atoms with Crippen LogP contribution in [0.15, 0.2) is 30.3 Å². The lowest BCUT2D eigenvalue weighted by molar-refractivity contribution is -0.149. The van der Waals surface area contributed by atoms with Crippen molar-refractivity contribution in [2.75, 3.05) is 13.7 Å². The van der Waals surface area contributed by atoms with Gasteiger partial charge in [0.1, 0.15) is 17.9 Å². The summed E-state index contributed by atoms with van der Waals surface area (Å²) >= 11 is 5.59. The minimum absolute atomic E-state index is 0.0224. The molecular weight excluding hydrogens is 389 g/mol. The molecule has 0 saturated carbocycles. The van der Waals surface area contributed by atoms with E-state index in [1.54, 1.807) is 32.9 Å². The highest BCUT2D eigenvalue weighted by Gasteiger charge is 2.30. The smallest absolute Gasteiger partial charge is 0.323 e. The molecular formula is C18H30NO6PS. The van der Waals surface area contributed by atoms with Gasteiger partial charge in [-0.15, -0.1) is 0 Å². The lowest BCUT2D eigenvalue weighted by Gasteiger charge is -2.29. The molecule has 0 saturated heterocycles. The zero-order valence-corrected chi connectivity index (χ0v) is 18.2. The Morgan fingerprint density at radius 3 is 2.41 bits per heavy atom. The van der Waals surface area contributed by atoms with E-state index in [2.05, 4.69) is 5.09 Å². The number of aliphatic hydroxyl groups excluding tert-OH is 1. The van der Waals surface area contributed by atoms with Gasteiger partial charge in [0.25, 0.3) is 0 Å². The van der Waals surface area contributed by atoms with Crippen LogP contribution in [-0.2, 0) is 30.6 Å². The highest BCUT2D eigenvalue weighted by Crippen LogP contribution is 2.45. The van der Waals surface area contributed by atoms with Crippen LogP contribution in [0, 0.1) is 0 Å². The Labute approximate surface area is 166 Å². The summed E-state index contributed by atoms with van der Waals surface area (Å²) in [5.41, 5.74) is 0. The highest BCUT2D eigenvalue weighted by atomic mass is 32.5. The molecule has 4 unspecified atom stereocenters. The molecule has 4 atom stereocenters. The van der Waals surface area contributed by atoms with Gasteiger partial charge >= 0.3 is 12.6 Å².